The van der Waals surface area contributed by atoms with Gasteiger partial charge in [-0.05, 0) is 126 Å². The van der Waals surface area contributed by atoms with Crippen molar-refractivity contribution in [2.45, 2.75) is 0 Å². The number of hydrogen-bond acceptors (Lipinski definition) is 10. The van der Waals surface area contributed by atoms with Crippen LogP contribution in [-0.4, -0.2) is 39.1 Å². The zero-order chi connectivity index (χ0) is 46.3. The van der Waals surface area contributed by atoms with Crippen LogP contribution < -0.4 is 43.7 Å². The third kappa shape index (κ3) is 14.2. The Labute approximate surface area is 389 Å². The van der Waals surface area contributed by atoms with E-state index in [1.165, 1.54) is 94.2 Å². The van der Waals surface area contributed by atoms with Crippen molar-refractivity contribution in [2.24, 2.45) is 0 Å². The summed E-state index contributed by atoms with van der Waals surface area (Å²) in [7, 11) is -0.777. The fourth-order valence-corrected chi connectivity index (χ4v) is 7.62. The van der Waals surface area contributed by atoms with Crippen LogP contribution in [0.5, 0.6) is 34.5 Å². The van der Waals surface area contributed by atoms with E-state index < -0.39 is 25.5 Å². The van der Waals surface area contributed by atoms with Gasteiger partial charge in [-0.15, -0.1) is 0 Å². The van der Waals surface area contributed by atoms with Crippen molar-refractivity contribution in [3.63, 3.8) is 0 Å². The number of ether oxygens (including phenoxy) is 3. The summed E-state index contributed by atoms with van der Waals surface area (Å²) < 4.78 is 50.4. The molecule has 0 bridgehead atoms. The lowest BCUT2D eigenvalue weighted by Crippen LogP contribution is -2.10. The molecule has 0 fully saturated rings. The topological polar surface area (TPSA) is 160 Å². The first kappa shape index (κ1) is 47.3. The van der Waals surface area contributed by atoms with Gasteiger partial charge in [0, 0.05) is 50.4 Å². The highest BCUT2D eigenvalue weighted by molar-refractivity contribution is 7.49. The van der Waals surface area contributed by atoms with E-state index in [2.05, 4.69) is 16.0 Å². The van der Waals surface area contributed by atoms with Crippen molar-refractivity contribution >= 4 is 95.6 Å². The summed E-state index contributed by atoms with van der Waals surface area (Å²) in [6.07, 6.45) is 8.37. The van der Waals surface area contributed by atoms with E-state index in [-0.39, 0.29) is 34.5 Å². The summed E-state index contributed by atoms with van der Waals surface area (Å²) in [6.45, 7) is 0. The van der Waals surface area contributed by atoms with Crippen molar-refractivity contribution in [3.8, 4) is 34.5 Å². The molecule has 0 unspecified atom stereocenters. The zero-order valence-electron chi connectivity index (χ0n) is 34.8. The van der Waals surface area contributed by atoms with Gasteiger partial charge in [0.1, 0.15) is 0 Å². The molecule has 0 heterocycles. The van der Waals surface area contributed by atoms with Crippen LogP contribution in [0.3, 0.4) is 0 Å². The summed E-state index contributed by atoms with van der Waals surface area (Å²) in [5.41, 5.74) is 2.80. The molecule has 0 aliphatic carbocycles. The molecule has 0 spiro atoms. The van der Waals surface area contributed by atoms with E-state index in [9.17, 15) is 14.4 Å². The molecule has 3 N–H and O–H groups in total. The maximum Gasteiger partial charge on any atom is 0.647 e. The largest absolute Gasteiger partial charge is 0.647 e. The molecule has 65 heavy (non-hydrogen) atoms. The molecule has 17 heteroatoms. The molecular weight excluding hydrogens is 916 g/mol. The van der Waals surface area contributed by atoms with E-state index in [4.69, 9.17) is 62.6 Å². The number of rotatable bonds is 18. The fraction of sp³-hybridized carbons (Fsp3) is 0.0625. The van der Waals surface area contributed by atoms with E-state index in [0.717, 1.165) is 0 Å². The van der Waals surface area contributed by atoms with Crippen molar-refractivity contribution in [2.75, 3.05) is 37.3 Å². The first-order valence-corrected chi connectivity index (χ1v) is 21.9. The van der Waals surface area contributed by atoms with Gasteiger partial charge in [0.25, 0.3) is 0 Å². The van der Waals surface area contributed by atoms with E-state index in [1.54, 1.807) is 91.0 Å². The summed E-state index contributed by atoms with van der Waals surface area (Å²) in [6, 6.07) is 34.0. The second-order valence-corrected chi connectivity index (χ2v) is 16.2. The number of carbonyl (C=O) groups excluding carboxylic acids is 3. The Balaban J connectivity index is 1.33. The summed E-state index contributed by atoms with van der Waals surface area (Å²) in [5, 5.41) is 9.55. The first-order valence-electron chi connectivity index (χ1n) is 19.3. The standard InChI is InChI=1S/C48H39Cl3N3O10P/c1-59-40-19-13-31(16-22-46(55)52-37-10-4-7-34(49)28-37)25-43(40)62-65(58,63-44-26-32(14-20-41(44)60-2)17-23-47(56)53-38-11-5-8-35(50)29-38)64-45-27-33(15-21-42(45)61-3)18-24-48(57)54-39-12-6-9-36(51)30-39/h4-30H,1-3H3,(H,52,55)(H,53,56)(H,54,57)/b22-16+,23-17+,24-18+. The maximum atomic E-state index is 15.2. The van der Waals surface area contributed by atoms with Crippen molar-refractivity contribution < 1.29 is 46.7 Å². The Morgan fingerprint density at radius 2 is 0.723 bits per heavy atom. The summed E-state index contributed by atoms with van der Waals surface area (Å²) in [4.78, 5) is 38.4. The van der Waals surface area contributed by atoms with E-state index >= 15 is 4.57 Å². The van der Waals surface area contributed by atoms with Crippen molar-refractivity contribution in [3.05, 3.63) is 177 Å². The number of nitrogens with one attached hydrogen (secondary N) is 3. The van der Waals surface area contributed by atoms with Crippen LogP contribution in [0.4, 0.5) is 17.1 Å². The molecule has 6 rings (SSSR count). The number of halogens is 3. The smallest absolute Gasteiger partial charge is 0.493 e. The minimum Gasteiger partial charge on any atom is -0.493 e. The number of anilines is 3. The summed E-state index contributed by atoms with van der Waals surface area (Å²) >= 11 is 18.2. The van der Waals surface area contributed by atoms with Crippen LogP contribution in [0.25, 0.3) is 18.2 Å². The number of methoxy groups -OCH3 is 3. The molecule has 0 aliphatic heterocycles. The highest BCUT2D eigenvalue weighted by Crippen LogP contribution is 2.55. The third-order valence-corrected chi connectivity index (χ3v) is 10.7. The van der Waals surface area contributed by atoms with Gasteiger partial charge in [-0.1, -0.05) is 71.2 Å². The molecule has 0 saturated heterocycles. The van der Waals surface area contributed by atoms with Gasteiger partial charge in [0.05, 0.1) is 21.3 Å². The number of benzene rings is 6. The molecule has 0 radical (unpaired) electrons. The Morgan fingerprint density at radius 3 is 0.985 bits per heavy atom. The number of hydrogen-bond donors (Lipinski definition) is 3. The van der Waals surface area contributed by atoms with Gasteiger partial charge in [-0.2, -0.15) is 4.57 Å². The molecule has 3 amide bonds. The van der Waals surface area contributed by atoms with Crippen LogP contribution in [0, 0.1) is 0 Å². The minimum absolute atomic E-state index is 0.103. The molecule has 6 aromatic rings. The average molecular weight is 955 g/mol. The first-order chi connectivity index (χ1) is 31.3. The molecule has 6 aromatic carbocycles. The molecule has 13 nitrogen and oxygen atoms in total. The second-order valence-electron chi connectivity index (χ2n) is 13.5. The van der Waals surface area contributed by atoms with Crippen LogP contribution in [0.15, 0.2) is 146 Å². The zero-order valence-corrected chi connectivity index (χ0v) is 37.9. The molecular formula is C48H39Cl3N3O10P. The Bertz CT molecular complexity index is 2550. The quantitative estimate of drug-likeness (QED) is 0.0559. The van der Waals surface area contributed by atoms with Crippen LogP contribution >= 0.6 is 42.6 Å². The predicted octanol–water partition coefficient (Wildman–Crippen LogP) is 12.3. The Morgan fingerprint density at radius 1 is 0.431 bits per heavy atom. The average Bonchev–Trinajstić information content (AvgIpc) is 3.27. The van der Waals surface area contributed by atoms with Gasteiger partial charge in [-0.25, -0.2) is 0 Å². The fourth-order valence-electron chi connectivity index (χ4n) is 5.79. The summed E-state index contributed by atoms with van der Waals surface area (Å²) in [5.74, 6) is -1.28. The Hall–Kier alpha value is -7.15. The third-order valence-electron chi connectivity index (χ3n) is 8.75. The van der Waals surface area contributed by atoms with Crippen molar-refractivity contribution in [1.29, 1.82) is 0 Å². The molecule has 0 atom stereocenters. The van der Waals surface area contributed by atoms with Crippen LogP contribution in [0.2, 0.25) is 15.1 Å². The SMILES string of the molecule is COc1ccc(/C=C/C(=O)Nc2cccc(Cl)c2)cc1OP(=O)(Oc1cc(/C=C/C(=O)Nc2cccc(Cl)c2)ccc1OC)Oc1cc(/C=C/C(=O)Nc2cccc(Cl)c2)ccc1OC. The second kappa shape index (κ2) is 22.5. The van der Waals surface area contributed by atoms with E-state index in [0.29, 0.717) is 48.8 Å². The highest BCUT2D eigenvalue weighted by atomic mass is 35.5. The van der Waals surface area contributed by atoms with Crippen LogP contribution in [0.1, 0.15) is 16.7 Å². The lowest BCUT2D eigenvalue weighted by atomic mass is 10.2. The number of phosphoric ester groups is 1. The number of carbonyl (C=O) groups is 3. The lowest BCUT2D eigenvalue weighted by molar-refractivity contribution is -0.112. The lowest BCUT2D eigenvalue weighted by Gasteiger charge is -2.22. The predicted molar refractivity (Wildman–Crippen MR) is 256 cm³/mol. The Kier molecular flexibility index (Phi) is 16.4. The number of phosphoric acid groups is 1. The number of amides is 3. The van der Waals surface area contributed by atoms with Gasteiger partial charge < -0.3 is 43.7 Å². The molecule has 0 aromatic heterocycles. The molecule has 0 aliphatic rings. The normalized spacial score (nSPS) is 11.3. The van der Waals surface area contributed by atoms with Gasteiger partial charge in [-0.3, -0.25) is 14.4 Å². The van der Waals surface area contributed by atoms with Crippen LogP contribution in [-0.2, 0) is 18.9 Å². The van der Waals surface area contributed by atoms with Gasteiger partial charge in [0.15, 0.2) is 34.5 Å². The minimum atomic E-state index is -4.92. The van der Waals surface area contributed by atoms with Crippen molar-refractivity contribution in [1.82, 2.24) is 0 Å². The molecule has 0 saturated carbocycles. The highest BCUT2D eigenvalue weighted by Gasteiger charge is 2.37. The monoisotopic (exact) mass is 953 g/mol. The van der Waals surface area contributed by atoms with Gasteiger partial charge >= 0.3 is 7.82 Å². The van der Waals surface area contributed by atoms with Gasteiger partial charge in [0.2, 0.25) is 17.7 Å². The van der Waals surface area contributed by atoms with E-state index in [1.807, 2.05) is 0 Å². The maximum absolute atomic E-state index is 15.2. The molecule has 332 valence electrons.